The number of hydrogen-bond acceptors (Lipinski definition) is 14. The molecule has 4 aromatic rings. The minimum absolute atomic E-state index is 0.00980. The van der Waals surface area contributed by atoms with Crippen LogP contribution >= 0.6 is 11.8 Å². The lowest BCUT2D eigenvalue weighted by atomic mass is 9.76. The van der Waals surface area contributed by atoms with Crippen molar-refractivity contribution in [1.29, 1.82) is 0 Å². The number of hydrogen-bond donors (Lipinski definition) is 4. The Morgan fingerprint density at radius 1 is 1.11 bits per heavy atom. The molecule has 0 saturated carbocycles. The highest BCUT2D eigenvalue weighted by atomic mass is 32.2. The molecule has 2 saturated heterocycles. The molecule has 9 heterocycles. The summed E-state index contributed by atoms with van der Waals surface area (Å²) in [6.07, 6.45) is 1.06. The molecule has 288 valence electrons. The van der Waals surface area contributed by atoms with Crippen LogP contribution in [0, 0.1) is 13.8 Å². The number of nitrogens with zero attached hydrogens (tertiary/aromatic N) is 1. The molecule has 3 unspecified atom stereocenters. The average molecular weight is 770 g/mol. The first-order chi connectivity index (χ1) is 26.5. The fourth-order valence-corrected chi connectivity index (χ4v) is 12.2. The van der Waals surface area contributed by atoms with Crippen LogP contribution in [0.15, 0.2) is 34.7 Å². The van der Waals surface area contributed by atoms with Gasteiger partial charge in [0.15, 0.2) is 28.5 Å². The molecule has 8 aliphatic rings. The molecule has 4 bridgehead atoms. The van der Waals surface area contributed by atoms with E-state index >= 15 is 0 Å². The molecule has 1 aromatic heterocycles. The summed E-state index contributed by atoms with van der Waals surface area (Å²) in [5.41, 5.74) is 4.26. The van der Waals surface area contributed by atoms with Gasteiger partial charge in [0.25, 0.3) is 0 Å². The van der Waals surface area contributed by atoms with E-state index in [1.54, 1.807) is 7.11 Å². The Morgan fingerprint density at radius 3 is 2.69 bits per heavy atom. The van der Waals surface area contributed by atoms with Crippen LogP contribution in [0.5, 0.6) is 28.7 Å². The predicted octanol–water partition coefficient (Wildman–Crippen LogP) is 4.54. The smallest absolute Gasteiger partial charge is 0.335 e. The Bertz CT molecular complexity index is 2330. The Labute approximate surface area is 321 Å². The van der Waals surface area contributed by atoms with Gasteiger partial charge in [-0.1, -0.05) is 24.3 Å². The predicted molar refractivity (Wildman–Crippen MR) is 201 cm³/mol. The molecule has 0 aliphatic carbocycles. The second kappa shape index (κ2) is 12.3. The van der Waals surface area contributed by atoms with E-state index in [2.05, 4.69) is 28.5 Å². The Morgan fingerprint density at radius 2 is 1.91 bits per heavy atom. The van der Waals surface area contributed by atoms with E-state index in [-0.39, 0.29) is 37.6 Å². The minimum Gasteiger partial charge on any atom is -0.504 e. The maximum absolute atomic E-state index is 15.0. The molecule has 0 amide bonds. The summed E-state index contributed by atoms with van der Waals surface area (Å²) in [7, 11) is 1.56. The van der Waals surface area contributed by atoms with Crippen molar-refractivity contribution in [2.45, 2.75) is 81.0 Å². The topological polar surface area (TPSA) is 161 Å². The van der Waals surface area contributed by atoms with Gasteiger partial charge in [-0.3, -0.25) is 15.0 Å². The number of phenols is 1. The van der Waals surface area contributed by atoms with Crippen LogP contribution in [0.1, 0.15) is 75.9 Å². The first kappa shape index (κ1) is 35.0. The third-order valence-electron chi connectivity index (χ3n) is 12.6. The lowest BCUT2D eigenvalue weighted by Crippen LogP contribution is -2.69. The normalized spacial score (nSPS) is 31.3. The van der Waals surface area contributed by atoms with E-state index in [1.165, 1.54) is 18.7 Å². The summed E-state index contributed by atoms with van der Waals surface area (Å²) >= 11 is 1.53. The summed E-state index contributed by atoms with van der Waals surface area (Å²) < 4.78 is 37.4. The highest BCUT2D eigenvalue weighted by Gasteiger charge is 2.62. The molecule has 4 N–H and O–H groups in total. The van der Waals surface area contributed by atoms with Crippen molar-refractivity contribution < 1.29 is 47.9 Å². The van der Waals surface area contributed by atoms with Crippen LogP contribution in [0.3, 0.4) is 0 Å². The average Bonchev–Trinajstić information content (AvgIpc) is 3.75. The SMILES string of the molecule is COc1c(C)cc2c(c1O)C1NCC(C)(C2)N2[C@H]1[C@@H]1SC[C@]3(N[C@H](CO)Cc4c3oc3ccccc43)C(=O)OC[C@H]2c2c3c(c(C)c(OC(C)=O)c21)OCO3. The second-order valence-electron chi connectivity index (χ2n) is 15.9. The van der Waals surface area contributed by atoms with Crippen molar-refractivity contribution in [3.8, 4) is 28.7 Å². The standard InChI is InChI=1S/C41H43N3O10S/c1-18-10-21-12-40(4)15-42-30(27(21)32(47)33(18)49-5)31-37-29-28(36-35(51-17-52-36)19(2)34(29)53-20(3)46)25(44(31)40)14-50-39(48)41(16-55-37)38-24(11-22(13-45)43-41)23-8-6-7-9-26(23)54-38/h6-10,22,25,30-31,37,42-43,45,47H,11-17H2,1-5H3/t22-,25-,30?,31+,37+,40?,41+/m0/s1. The minimum atomic E-state index is -1.47. The van der Waals surface area contributed by atoms with Gasteiger partial charge in [0.2, 0.25) is 6.79 Å². The van der Waals surface area contributed by atoms with Crippen molar-refractivity contribution in [3.63, 3.8) is 0 Å². The van der Waals surface area contributed by atoms with Crippen molar-refractivity contribution in [1.82, 2.24) is 15.5 Å². The van der Waals surface area contributed by atoms with E-state index in [9.17, 15) is 19.8 Å². The zero-order valence-electron chi connectivity index (χ0n) is 31.2. The van der Waals surface area contributed by atoms with Crippen LogP contribution in [0.4, 0.5) is 0 Å². The Hall–Kier alpha value is -4.47. The number of aliphatic hydroxyl groups is 1. The number of esters is 2. The van der Waals surface area contributed by atoms with Gasteiger partial charge in [-0.25, -0.2) is 4.79 Å². The Kier molecular flexibility index (Phi) is 7.80. The summed E-state index contributed by atoms with van der Waals surface area (Å²) in [5.74, 6) is 1.58. The number of furan rings is 1. The van der Waals surface area contributed by atoms with E-state index < -0.39 is 46.4 Å². The van der Waals surface area contributed by atoms with Crippen LogP contribution in [-0.4, -0.2) is 84.1 Å². The number of benzene rings is 3. The maximum Gasteiger partial charge on any atom is 0.335 e. The largest absolute Gasteiger partial charge is 0.504 e. The van der Waals surface area contributed by atoms with Crippen molar-refractivity contribution in [3.05, 3.63) is 75.0 Å². The lowest BCUT2D eigenvalue weighted by molar-refractivity contribution is -0.158. The van der Waals surface area contributed by atoms with Crippen LogP contribution in [0.25, 0.3) is 11.0 Å². The van der Waals surface area contributed by atoms with Gasteiger partial charge >= 0.3 is 11.9 Å². The monoisotopic (exact) mass is 769 g/mol. The van der Waals surface area contributed by atoms with Gasteiger partial charge in [-0.15, -0.1) is 11.8 Å². The molecule has 3 aromatic carbocycles. The van der Waals surface area contributed by atoms with Crippen LogP contribution in [0.2, 0.25) is 0 Å². The molecule has 14 heteroatoms. The van der Waals surface area contributed by atoms with Gasteiger partial charge < -0.3 is 43.6 Å². The fourth-order valence-electron chi connectivity index (χ4n) is 10.5. The van der Waals surface area contributed by atoms with Gasteiger partial charge in [-0.2, -0.15) is 0 Å². The molecule has 0 radical (unpaired) electrons. The number of aryl methyl sites for hydroxylation is 1. The number of rotatable bonds is 3. The number of aromatic hydroxyl groups is 1. The number of carbonyl (C=O) groups excluding carboxylic acids is 2. The van der Waals surface area contributed by atoms with Gasteiger partial charge in [-0.05, 0) is 50.8 Å². The molecule has 55 heavy (non-hydrogen) atoms. The lowest BCUT2D eigenvalue weighted by Gasteiger charge is -2.59. The van der Waals surface area contributed by atoms with Gasteiger partial charge in [0.05, 0.1) is 31.1 Å². The summed E-state index contributed by atoms with van der Waals surface area (Å²) in [6, 6.07) is 7.99. The number of carbonyl (C=O) groups is 2. The summed E-state index contributed by atoms with van der Waals surface area (Å²) in [4.78, 5) is 30.4. The summed E-state index contributed by atoms with van der Waals surface area (Å²) in [6.45, 7) is 7.68. The van der Waals surface area contributed by atoms with E-state index in [0.29, 0.717) is 59.3 Å². The molecular formula is C41H43N3O10S. The van der Waals surface area contributed by atoms with Crippen molar-refractivity contribution in [2.75, 3.05) is 39.4 Å². The number of aliphatic hydroxyl groups excluding tert-OH is 1. The summed E-state index contributed by atoms with van der Waals surface area (Å²) in [5, 5.41) is 30.4. The first-order valence-electron chi connectivity index (χ1n) is 18.7. The van der Waals surface area contributed by atoms with Crippen LogP contribution < -0.4 is 29.6 Å². The number of ether oxygens (including phenoxy) is 5. The number of para-hydroxylation sites is 1. The Balaban J connectivity index is 1.24. The van der Waals surface area contributed by atoms with Gasteiger partial charge in [0, 0.05) is 70.0 Å². The number of methoxy groups -OCH3 is 1. The first-order valence-corrected chi connectivity index (χ1v) is 19.8. The highest BCUT2D eigenvalue weighted by molar-refractivity contribution is 7.99. The quantitative estimate of drug-likeness (QED) is 0.170. The zero-order valence-corrected chi connectivity index (χ0v) is 32.1. The molecule has 1 spiro atoms. The maximum atomic E-state index is 15.0. The van der Waals surface area contributed by atoms with Gasteiger partial charge in [0.1, 0.15) is 23.7 Å². The second-order valence-corrected chi connectivity index (χ2v) is 17.0. The third-order valence-corrected chi connectivity index (χ3v) is 14.1. The molecule has 12 rings (SSSR count). The molecule has 2 fully saturated rings. The van der Waals surface area contributed by atoms with Crippen LogP contribution in [-0.2, 0) is 32.7 Å². The van der Waals surface area contributed by atoms with Crippen molar-refractivity contribution >= 4 is 34.7 Å². The molecule has 8 atom stereocenters. The number of fused-ring (bicyclic) bond motifs is 8. The highest BCUT2D eigenvalue weighted by Crippen LogP contribution is 2.64. The molecular weight excluding hydrogens is 727 g/mol. The van der Waals surface area contributed by atoms with E-state index in [0.717, 1.165) is 38.8 Å². The molecule has 13 nitrogen and oxygen atoms in total. The third kappa shape index (κ3) is 4.75. The fraction of sp³-hybridized carbons (Fsp3) is 0.463. The molecule has 8 aliphatic heterocycles. The number of thioether (sulfide) groups is 1. The number of phenolic OH excluding ortho intramolecular Hbond substituents is 1. The zero-order chi connectivity index (χ0) is 38.1. The van der Waals surface area contributed by atoms with Crippen molar-refractivity contribution in [2.24, 2.45) is 0 Å². The van der Waals surface area contributed by atoms with E-state index in [1.807, 2.05) is 38.1 Å². The number of piperazine rings is 1. The number of nitrogens with one attached hydrogen (secondary N) is 2. The van der Waals surface area contributed by atoms with E-state index in [4.69, 9.17) is 28.1 Å².